The summed E-state index contributed by atoms with van der Waals surface area (Å²) in [6.07, 6.45) is 1.50. The zero-order valence-electron chi connectivity index (χ0n) is 13.0. The molecule has 2 heterocycles. The number of nitrogens with zero attached hydrogens (tertiary/aromatic N) is 4. The van der Waals surface area contributed by atoms with Crippen molar-refractivity contribution in [3.8, 4) is 0 Å². The Morgan fingerprint density at radius 1 is 1.43 bits per heavy atom. The molecule has 1 saturated heterocycles. The Kier molecular flexibility index (Phi) is 4.55. The molecule has 1 aromatic rings. The van der Waals surface area contributed by atoms with Crippen LogP contribution in [-0.2, 0) is 4.79 Å². The van der Waals surface area contributed by atoms with Crippen molar-refractivity contribution in [1.82, 2.24) is 20.0 Å². The van der Waals surface area contributed by atoms with E-state index >= 15 is 0 Å². The van der Waals surface area contributed by atoms with Crippen molar-refractivity contribution in [3.05, 3.63) is 23.5 Å². The molecule has 1 aliphatic heterocycles. The van der Waals surface area contributed by atoms with E-state index in [1.807, 2.05) is 4.90 Å². The lowest BCUT2D eigenvalue weighted by Crippen LogP contribution is -2.58. The lowest BCUT2D eigenvalue weighted by molar-refractivity contribution is -0.140. The van der Waals surface area contributed by atoms with E-state index in [2.05, 4.69) is 24.0 Å². The molecule has 0 spiro atoms. The summed E-state index contributed by atoms with van der Waals surface area (Å²) in [5, 5.41) is 7.66. The fraction of sp³-hybridized carbons (Fsp3) is 0.600. The highest BCUT2D eigenvalue weighted by atomic mass is 16.2. The maximum absolute atomic E-state index is 12.6. The molecule has 2 amide bonds. The summed E-state index contributed by atoms with van der Waals surface area (Å²) in [6.45, 7) is 9.59. The van der Waals surface area contributed by atoms with Gasteiger partial charge in [0.05, 0.1) is 17.5 Å². The molecule has 1 fully saturated rings. The zero-order chi connectivity index (χ0) is 15.6. The average Bonchev–Trinajstić information content (AvgIpc) is 2.43. The molecule has 114 valence electrons. The van der Waals surface area contributed by atoms with Crippen LogP contribution in [-0.4, -0.2) is 57.5 Å². The van der Waals surface area contributed by atoms with E-state index in [1.54, 1.807) is 24.8 Å². The van der Waals surface area contributed by atoms with Gasteiger partial charge in [-0.15, -0.1) is 0 Å². The summed E-state index contributed by atoms with van der Waals surface area (Å²) in [5.74, 6) is 0.297. The van der Waals surface area contributed by atoms with E-state index in [1.165, 1.54) is 6.20 Å². The molecule has 6 nitrogen and oxygen atoms in total. The summed E-state index contributed by atoms with van der Waals surface area (Å²) < 4.78 is 0. The van der Waals surface area contributed by atoms with Crippen LogP contribution in [0.5, 0.6) is 0 Å². The van der Waals surface area contributed by atoms with E-state index in [9.17, 15) is 9.59 Å². The molecule has 2 rings (SSSR count). The molecule has 1 aliphatic rings. The number of carbonyl (C=O) groups is 2. The Morgan fingerprint density at radius 3 is 2.76 bits per heavy atom. The third kappa shape index (κ3) is 3.20. The number of aromatic nitrogens is 2. The first kappa shape index (κ1) is 15.4. The number of hydrogen-bond acceptors (Lipinski definition) is 4. The second-order valence-electron chi connectivity index (χ2n) is 5.88. The number of hydrogen-bond donors (Lipinski definition) is 0. The SMILES string of the molecule is Cc1nnccc1C(=O)N1CCN(CC(C)C)C(=O)C1C. The van der Waals surface area contributed by atoms with Gasteiger partial charge in [0, 0.05) is 19.6 Å². The van der Waals surface area contributed by atoms with Crippen LogP contribution in [0.4, 0.5) is 0 Å². The van der Waals surface area contributed by atoms with Crippen molar-refractivity contribution in [1.29, 1.82) is 0 Å². The van der Waals surface area contributed by atoms with Gasteiger partial charge in [-0.05, 0) is 25.8 Å². The Morgan fingerprint density at radius 2 is 2.14 bits per heavy atom. The Hall–Kier alpha value is -1.98. The van der Waals surface area contributed by atoms with Gasteiger partial charge in [0.2, 0.25) is 5.91 Å². The van der Waals surface area contributed by atoms with Crippen LogP contribution in [0.1, 0.15) is 36.8 Å². The maximum atomic E-state index is 12.6. The van der Waals surface area contributed by atoms with Gasteiger partial charge in [-0.25, -0.2) is 0 Å². The molecule has 0 N–H and O–H groups in total. The number of amides is 2. The smallest absolute Gasteiger partial charge is 0.256 e. The van der Waals surface area contributed by atoms with Gasteiger partial charge in [-0.2, -0.15) is 10.2 Å². The molecule has 0 saturated carbocycles. The quantitative estimate of drug-likeness (QED) is 0.836. The Bertz CT molecular complexity index is 544. The van der Waals surface area contributed by atoms with E-state index < -0.39 is 6.04 Å². The second kappa shape index (κ2) is 6.20. The van der Waals surface area contributed by atoms with E-state index in [0.29, 0.717) is 30.3 Å². The number of carbonyl (C=O) groups excluding carboxylic acids is 2. The third-order valence-corrected chi connectivity index (χ3v) is 3.73. The Labute approximate surface area is 125 Å². The van der Waals surface area contributed by atoms with Crippen LogP contribution in [0.3, 0.4) is 0 Å². The Balaban J connectivity index is 2.14. The predicted molar refractivity (Wildman–Crippen MR) is 78.7 cm³/mol. The fourth-order valence-corrected chi connectivity index (χ4v) is 2.61. The first-order valence-electron chi connectivity index (χ1n) is 7.30. The van der Waals surface area contributed by atoms with Crippen molar-refractivity contribution >= 4 is 11.8 Å². The van der Waals surface area contributed by atoms with Crippen LogP contribution >= 0.6 is 0 Å². The summed E-state index contributed by atoms with van der Waals surface area (Å²) >= 11 is 0. The summed E-state index contributed by atoms with van der Waals surface area (Å²) in [6, 6.07) is 1.22. The monoisotopic (exact) mass is 290 g/mol. The minimum absolute atomic E-state index is 0.0166. The number of aryl methyl sites for hydroxylation is 1. The second-order valence-corrected chi connectivity index (χ2v) is 5.88. The van der Waals surface area contributed by atoms with E-state index in [4.69, 9.17) is 0 Å². The lowest BCUT2D eigenvalue weighted by Gasteiger charge is -2.39. The normalized spacial score (nSPS) is 19.3. The molecule has 0 aliphatic carbocycles. The molecule has 0 bridgehead atoms. The van der Waals surface area contributed by atoms with E-state index in [-0.39, 0.29) is 11.8 Å². The van der Waals surface area contributed by atoms with Gasteiger partial charge in [0.1, 0.15) is 6.04 Å². The van der Waals surface area contributed by atoms with Crippen LogP contribution in [0, 0.1) is 12.8 Å². The highest BCUT2D eigenvalue weighted by Crippen LogP contribution is 2.17. The summed E-state index contributed by atoms with van der Waals surface area (Å²) in [7, 11) is 0. The predicted octanol–water partition coefficient (Wildman–Crippen LogP) is 1.11. The van der Waals surface area contributed by atoms with Crippen LogP contribution in [0.2, 0.25) is 0 Å². The first-order valence-corrected chi connectivity index (χ1v) is 7.30. The molecule has 1 atom stereocenters. The minimum atomic E-state index is -0.433. The van der Waals surface area contributed by atoms with Crippen molar-refractivity contribution < 1.29 is 9.59 Å². The average molecular weight is 290 g/mol. The van der Waals surface area contributed by atoms with Gasteiger partial charge in [-0.1, -0.05) is 13.8 Å². The number of piperazine rings is 1. The fourth-order valence-electron chi connectivity index (χ4n) is 2.61. The van der Waals surface area contributed by atoms with Crippen LogP contribution in [0.15, 0.2) is 12.3 Å². The minimum Gasteiger partial charge on any atom is -0.339 e. The lowest BCUT2D eigenvalue weighted by atomic mass is 10.1. The molecule has 6 heteroatoms. The standard InChI is InChI=1S/C15H22N4O2/c1-10(2)9-18-7-8-19(12(4)14(18)20)15(21)13-5-6-16-17-11(13)3/h5-6,10,12H,7-9H2,1-4H3. The summed E-state index contributed by atoms with van der Waals surface area (Å²) in [4.78, 5) is 28.5. The zero-order valence-corrected chi connectivity index (χ0v) is 13.0. The first-order chi connectivity index (χ1) is 9.91. The molecule has 1 aromatic heterocycles. The van der Waals surface area contributed by atoms with Crippen molar-refractivity contribution in [2.45, 2.75) is 33.7 Å². The van der Waals surface area contributed by atoms with Crippen molar-refractivity contribution in [3.63, 3.8) is 0 Å². The van der Waals surface area contributed by atoms with Crippen LogP contribution < -0.4 is 0 Å². The molecule has 0 radical (unpaired) electrons. The van der Waals surface area contributed by atoms with Gasteiger partial charge in [-0.3, -0.25) is 9.59 Å². The van der Waals surface area contributed by atoms with Crippen molar-refractivity contribution in [2.24, 2.45) is 5.92 Å². The molecule has 1 unspecified atom stereocenters. The highest BCUT2D eigenvalue weighted by Gasteiger charge is 2.35. The van der Waals surface area contributed by atoms with Crippen molar-refractivity contribution in [2.75, 3.05) is 19.6 Å². The molecule has 21 heavy (non-hydrogen) atoms. The largest absolute Gasteiger partial charge is 0.339 e. The van der Waals surface area contributed by atoms with Gasteiger partial charge in [0.15, 0.2) is 0 Å². The van der Waals surface area contributed by atoms with Gasteiger partial charge in [0.25, 0.3) is 5.91 Å². The van der Waals surface area contributed by atoms with Gasteiger partial charge >= 0.3 is 0 Å². The maximum Gasteiger partial charge on any atom is 0.256 e. The third-order valence-electron chi connectivity index (χ3n) is 3.73. The topological polar surface area (TPSA) is 66.4 Å². The number of rotatable bonds is 3. The van der Waals surface area contributed by atoms with Gasteiger partial charge < -0.3 is 9.80 Å². The summed E-state index contributed by atoms with van der Waals surface area (Å²) in [5.41, 5.74) is 1.11. The highest BCUT2D eigenvalue weighted by molar-refractivity contribution is 5.98. The molecule has 0 aromatic carbocycles. The van der Waals surface area contributed by atoms with Crippen LogP contribution in [0.25, 0.3) is 0 Å². The molecular weight excluding hydrogens is 268 g/mol. The molecular formula is C15H22N4O2. The van der Waals surface area contributed by atoms with E-state index in [0.717, 1.165) is 6.54 Å².